The second kappa shape index (κ2) is 10.5. The Morgan fingerprint density at radius 3 is 3.00 bits per heavy atom. The normalized spacial score (nSPS) is 18.8. The number of carbonyl (C=O) groups is 1. The van der Waals surface area contributed by atoms with Crippen LogP contribution in [-0.4, -0.2) is 60.2 Å². The number of ether oxygens (including phenoxy) is 1. The highest BCUT2D eigenvalue weighted by Crippen LogP contribution is 2.41. The number of aromatic nitrogens is 2. The van der Waals surface area contributed by atoms with Crippen molar-refractivity contribution >= 4 is 54.9 Å². The molecule has 1 amide bonds. The second-order valence-corrected chi connectivity index (χ2v) is 10.7. The summed E-state index contributed by atoms with van der Waals surface area (Å²) >= 11 is 5.27. The number of thiophene rings is 1. The Balaban J connectivity index is 1.22. The molecule has 5 rings (SSSR count). The van der Waals surface area contributed by atoms with Gasteiger partial charge in [-0.05, 0) is 48.9 Å². The first-order valence-corrected chi connectivity index (χ1v) is 13.1. The molecule has 2 aromatic heterocycles. The fourth-order valence-electron chi connectivity index (χ4n) is 4.66. The van der Waals surface area contributed by atoms with Crippen molar-refractivity contribution in [3.8, 4) is 0 Å². The van der Waals surface area contributed by atoms with Crippen LogP contribution in [0.2, 0.25) is 0 Å². The van der Waals surface area contributed by atoms with Crippen molar-refractivity contribution in [2.75, 3.05) is 44.7 Å². The van der Waals surface area contributed by atoms with E-state index in [4.69, 9.17) is 4.74 Å². The summed E-state index contributed by atoms with van der Waals surface area (Å²) in [5, 5.41) is 7.71. The first kappa shape index (κ1) is 22.7. The lowest BCUT2D eigenvalue weighted by atomic mass is 9.85. The monoisotopic (exact) mass is 529 g/mol. The van der Waals surface area contributed by atoms with Crippen molar-refractivity contribution in [3.63, 3.8) is 0 Å². The molecule has 1 saturated heterocycles. The molecular formula is C24H28BrN5O2S. The largest absolute Gasteiger partial charge is 0.379 e. The highest BCUT2D eigenvalue weighted by molar-refractivity contribution is 9.10. The molecular weight excluding hydrogens is 502 g/mol. The van der Waals surface area contributed by atoms with Crippen LogP contribution in [0.1, 0.15) is 23.3 Å². The predicted octanol–water partition coefficient (Wildman–Crippen LogP) is 4.14. The van der Waals surface area contributed by atoms with Crippen LogP contribution < -0.4 is 10.6 Å². The Labute approximate surface area is 206 Å². The average molecular weight is 530 g/mol. The Kier molecular flexibility index (Phi) is 7.20. The van der Waals surface area contributed by atoms with Gasteiger partial charge in [-0.25, -0.2) is 9.97 Å². The number of nitrogens with one attached hydrogen (secondary N) is 2. The number of fused-ring (bicyclic) bond motifs is 3. The molecule has 1 aliphatic heterocycles. The van der Waals surface area contributed by atoms with Gasteiger partial charge in [-0.1, -0.05) is 22.0 Å². The fourth-order valence-corrected chi connectivity index (χ4v) is 6.36. The van der Waals surface area contributed by atoms with Crippen molar-refractivity contribution in [1.29, 1.82) is 0 Å². The summed E-state index contributed by atoms with van der Waals surface area (Å²) in [6.07, 6.45) is 5.13. The number of halogens is 1. The minimum Gasteiger partial charge on any atom is -0.379 e. The summed E-state index contributed by atoms with van der Waals surface area (Å²) in [5.41, 5.74) is 2.34. The molecule has 1 atom stereocenters. The van der Waals surface area contributed by atoms with E-state index in [1.807, 2.05) is 24.3 Å². The lowest BCUT2D eigenvalue weighted by molar-refractivity contribution is -0.122. The first-order chi connectivity index (χ1) is 16.2. The minimum absolute atomic E-state index is 0.162. The van der Waals surface area contributed by atoms with Gasteiger partial charge in [0.2, 0.25) is 5.91 Å². The summed E-state index contributed by atoms with van der Waals surface area (Å²) in [7, 11) is 0. The number of morpholine rings is 1. The topological polar surface area (TPSA) is 79.4 Å². The van der Waals surface area contributed by atoms with Crippen molar-refractivity contribution in [1.82, 2.24) is 20.2 Å². The van der Waals surface area contributed by atoms with E-state index in [1.165, 1.54) is 10.4 Å². The van der Waals surface area contributed by atoms with Crippen LogP contribution in [0, 0.1) is 5.92 Å². The number of benzene rings is 1. The molecule has 3 aromatic rings. The van der Waals surface area contributed by atoms with Crippen molar-refractivity contribution in [3.05, 3.63) is 45.5 Å². The molecule has 9 heteroatoms. The SMILES string of the molecule is O=C(CC1CCc2c(sc3ncnc(Nc4cccc(Br)c4)c23)C1)NCCN1CCOCC1. The van der Waals surface area contributed by atoms with Gasteiger partial charge >= 0.3 is 0 Å². The third-order valence-electron chi connectivity index (χ3n) is 6.36. The smallest absolute Gasteiger partial charge is 0.220 e. The molecule has 33 heavy (non-hydrogen) atoms. The van der Waals surface area contributed by atoms with Gasteiger partial charge in [-0.3, -0.25) is 9.69 Å². The summed E-state index contributed by atoms with van der Waals surface area (Å²) in [6, 6.07) is 8.09. The highest BCUT2D eigenvalue weighted by Gasteiger charge is 2.26. The molecule has 0 spiro atoms. The number of hydrogen-bond donors (Lipinski definition) is 2. The van der Waals surface area contributed by atoms with Crippen LogP contribution in [0.5, 0.6) is 0 Å². The Morgan fingerprint density at radius 2 is 2.15 bits per heavy atom. The quantitative estimate of drug-likeness (QED) is 0.478. The van der Waals surface area contributed by atoms with Crippen LogP contribution in [0.15, 0.2) is 35.1 Å². The number of nitrogens with zero attached hydrogens (tertiary/aromatic N) is 3. The zero-order valence-electron chi connectivity index (χ0n) is 18.5. The molecule has 0 radical (unpaired) electrons. The van der Waals surface area contributed by atoms with Gasteiger partial charge in [0.25, 0.3) is 0 Å². The highest BCUT2D eigenvalue weighted by atomic mass is 79.9. The number of hydrogen-bond acceptors (Lipinski definition) is 7. The van der Waals surface area contributed by atoms with E-state index in [0.29, 0.717) is 18.9 Å². The van der Waals surface area contributed by atoms with E-state index in [0.717, 1.165) is 78.3 Å². The van der Waals surface area contributed by atoms with Gasteiger partial charge in [-0.2, -0.15) is 0 Å². The van der Waals surface area contributed by atoms with Gasteiger partial charge < -0.3 is 15.4 Å². The summed E-state index contributed by atoms with van der Waals surface area (Å²) in [5.74, 6) is 1.40. The maximum atomic E-state index is 12.5. The molecule has 2 aliphatic rings. The molecule has 3 heterocycles. The summed E-state index contributed by atoms with van der Waals surface area (Å²) in [6.45, 7) is 5.09. The van der Waals surface area contributed by atoms with Gasteiger partial charge in [0, 0.05) is 47.6 Å². The third-order valence-corrected chi connectivity index (χ3v) is 8.02. The first-order valence-electron chi connectivity index (χ1n) is 11.5. The van der Waals surface area contributed by atoms with Gasteiger partial charge in [0.15, 0.2) is 0 Å². The van der Waals surface area contributed by atoms with Crippen molar-refractivity contribution < 1.29 is 9.53 Å². The molecule has 7 nitrogen and oxygen atoms in total. The second-order valence-electron chi connectivity index (χ2n) is 8.66. The van der Waals surface area contributed by atoms with E-state index >= 15 is 0 Å². The van der Waals surface area contributed by atoms with E-state index in [9.17, 15) is 4.79 Å². The fraction of sp³-hybridized carbons (Fsp3) is 0.458. The zero-order valence-corrected chi connectivity index (χ0v) is 20.9. The summed E-state index contributed by atoms with van der Waals surface area (Å²) in [4.78, 5) is 26.3. The maximum absolute atomic E-state index is 12.5. The van der Waals surface area contributed by atoms with E-state index in [2.05, 4.69) is 41.4 Å². The third kappa shape index (κ3) is 5.54. The average Bonchev–Trinajstić information content (AvgIpc) is 3.18. The van der Waals surface area contributed by atoms with Crippen LogP contribution in [0.25, 0.3) is 10.2 Å². The predicted molar refractivity (Wildman–Crippen MR) is 135 cm³/mol. The van der Waals surface area contributed by atoms with Gasteiger partial charge in [0.05, 0.1) is 18.6 Å². The van der Waals surface area contributed by atoms with E-state index in [1.54, 1.807) is 17.7 Å². The molecule has 1 aliphatic carbocycles. The number of aryl methyl sites for hydroxylation is 1. The minimum atomic E-state index is 0.162. The standard InChI is InChI=1S/C24H28BrN5O2S/c25-17-2-1-3-18(14-17)29-23-22-19-5-4-16(12-20(19)33-24(22)28-15-27-23)13-21(31)26-6-7-30-8-10-32-11-9-30/h1-3,14-16H,4-13H2,(H,26,31)(H,27,28,29). The van der Waals surface area contributed by atoms with Crippen LogP contribution in [-0.2, 0) is 22.4 Å². The van der Waals surface area contributed by atoms with Crippen molar-refractivity contribution in [2.45, 2.75) is 25.7 Å². The molecule has 2 N–H and O–H groups in total. The lowest BCUT2D eigenvalue weighted by Gasteiger charge is -2.26. The number of amides is 1. The molecule has 1 aromatic carbocycles. The Hall–Kier alpha value is -2.07. The molecule has 174 valence electrons. The number of carbonyl (C=O) groups excluding carboxylic acids is 1. The maximum Gasteiger partial charge on any atom is 0.220 e. The number of rotatable bonds is 7. The number of anilines is 2. The zero-order chi connectivity index (χ0) is 22.6. The van der Waals surface area contributed by atoms with Gasteiger partial charge in [-0.15, -0.1) is 11.3 Å². The molecule has 0 saturated carbocycles. The van der Waals surface area contributed by atoms with Crippen LogP contribution in [0.3, 0.4) is 0 Å². The van der Waals surface area contributed by atoms with Crippen molar-refractivity contribution in [2.24, 2.45) is 5.92 Å². The van der Waals surface area contributed by atoms with E-state index < -0.39 is 0 Å². The molecule has 1 fully saturated rings. The molecule has 1 unspecified atom stereocenters. The van der Waals surface area contributed by atoms with Gasteiger partial charge in [0.1, 0.15) is 17.0 Å². The van der Waals surface area contributed by atoms with E-state index in [-0.39, 0.29) is 5.91 Å². The van der Waals surface area contributed by atoms with Crippen LogP contribution >= 0.6 is 27.3 Å². The molecule has 0 bridgehead atoms. The van der Waals surface area contributed by atoms with Crippen LogP contribution in [0.4, 0.5) is 11.5 Å². The Morgan fingerprint density at radius 1 is 1.27 bits per heavy atom. The lowest BCUT2D eigenvalue weighted by Crippen LogP contribution is -2.41. The Bertz CT molecular complexity index is 1130. The summed E-state index contributed by atoms with van der Waals surface area (Å²) < 4.78 is 6.40.